The molecular formula is C22H22N2O5S. The predicted molar refractivity (Wildman–Crippen MR) is 113 cm³/mol. The number of hydrogen-bond donors (Lipinski definition) is 1. The van der Waals surface area contributed by atoms with Crippen LogP contribution in [0.5, 0.6) is 5.75 Å². The molecule has 1 N–H and O–H groups in total. The van der Waals surface area contributed by atoms with Gasteiger partial charge in [-0.05, 0) is 61.1 Å². The van der Waals surface area contributed by atoms with E-state index in [2.05, 4.69) is 4.98 Å². The van der Waals surface area contributed by atoms with Gasteiger partial charge in [0.2, 0.25) is 0 Å². The lowest BCUT2D eigenvalue weighted by atomic mass is 10.1. The average Bonchev–Trinajstić information content (AvgIpc) is 3.56. The van der Waals surface area contributed by atoms with E-state index in [1.54, 1.807) is 48.5 Å². The Morgan fingerprint density at radius 3 is 2.50 bits per heavy atom. The fourth-order valence-electron chi connectivity index (χ4n) is 3.07. The van der Waals surface area contributed by atoms with E-state index in [1.807, 2.05) is 0 Å². The molecule has 1 aliphatic carbocycles. The number of aromatic amines is 1. The lowest BCUT2D eigenvalue weighted by Gasteiger charge is -2.09. The monoisotopic (exact) mass is 426 g/mol. The Morgan fingerprint density at radius 1 is 1.03 bits per heavy atom. The summed E-state index contributed by atoms with van der Waals surface area (Å²) in [5.74, 6) is 1.15. The van der Waals surface area contributed by atoms with E-state index in [0.717, 1.165) is 5.56 Å². The van der Waals surface area contributed by atoms with E-state index in [-0.39, 0.29) is 10.6 Å². The Balaban J connectivity index is 1.42. The summed E-state index contributed by atoms with van der Waals surface area (Å²) < 4.78 is 32.5. The van der Waals surface area contributed by atoms with E-state index < -0.39 is 21.1 Å². The summed E-state index contributed by atoms with van der Waals surface area (Å²) in [6, 6.07) is 14.9. The molecule has 30 heavy (non-hydrogen) atoms. The minimum atomic E-state index is -3.45. The SMILES string of the molecule is O=c1ccn(-c2ccc(CCS(=O)(=O)c3cccc(OCC4CC4)c3)cc2)c(=O)[nH]1. The molecule has 0 radical (unpaired) electrons. The minimum absolute atomic E-state index is 0.0307. The van der Waals surface area contributed by atoms with Gasteiger partial charge in [0.25, 0.3) is 5.56 Å². The lowest BCUT2D eigenvalue weighted by Crippen LogP contribution is -2.27. The fraction of sp³-hybridized carbons (Fsp3) is 0.273. The van der Waals surface area contributed by atoms with Crippen LogP contribution in [0, 0.1) is 5.92 Å². The van der Waals surface area contributed by atoms with Crippen molar-refractivity contribution in [1.82, 2.24) is 9.55 Å². The van der Waals surface area contributed by atoms with Crippen molar-refractivity contribution in [2.45, 2.75) is 24.2 Å². The van der Waals surface area contributed by atoms with Crippen LogP contribution in [0.25, 0.3) is 5.69 Å². The van der Waals surface area contributed by atoms with Crippen LogP contribution in [0.15, 0.2) is 75.3 Å². The van der Waals surface area contributed by atoms with Crippen LogP contribution in [0.2, 0.25) is 0 Å². The van der Waals surface area contributed by atoms with Gasteiger partial charge in [0.1, 0.15) is 5.75 Å². The molecule has 7 nitrogen and oxygen atoms in total. The molecule has 0 unspecified atom stereocenters. The average molecular weight is 426 g/mol. The molecule has 1 aliphatic rings. The third kappa shape index (κ3) is 4.88. The molecule has 1 aromatic heterocycles. The molecule has 0 amide bonds. The summed E-state index contributed by atoms with van der Waals surface area (Å²) in [7, 11) is -3.45. The molecule has 156 valence electrons. The second-order valence-electron chi connectivity index (χ2n) is 7.44. The van der Waals surface area contributed by atoms with Gasteiger partial charge >= 0.3 is 5.69 Å². The number of rotatable bonds is 8. The summed E-state index contributed by atoms with van der Waals surface area (Å²) in [5, 5.41) is 0. The number of sulfone groups is 1. The molecule has 1 saturated carbocycles. The number of aromatic nitrogens is 2. The van der Waals surface area contributed by atoms with E-state index in [0.29, 0.717) is 30.4 Å². The quantitative estimate of drug-likeness (QED) is 0.596. The molecule has 0 aliphatic heterocycles. The molecule has 8 heteroatoms. The fourth-order valence-corrected chi connectivity index (χ4v) is 4.39. The van der Waals surface area contributed by atoms with Gasteiger partial charge in [0, 0.05) is 12.3 Å². The van der Waals surface area contributed by atoms with Crippen molar-refractivity contribution in [2.75, 3.05) is 12.4 Å². The molecule has 0 spiro atoms. The number of hydrogen-bond acceptors (Lipinski definition) is 5. The zero-order valence-corrected chi connectivity index (χ0v) is 17.1. The molecule has 2 aromatic carbocycles. The Hall–Kier alpha value is -3.13. The summed E-state index contributed by atoms with van der Waals surface area (Å²) in [6.07, 6.45) is 4.09. The van der Waals surface area contributed by atoms with Crippen LogP contribution in [-0.2, 0) is 16.3 Å². The van der Waals surface area contributed by atoms with Gasteiger partial charge in [-0.15, -0.1) is 0 Å². The zero-order chi connectivity index (χ0) is 21.1. The van der Waals surface area contributed by atoms with Gasteiger partial charge < -0.3 is 4.74 Å². The van der Waals surface area contributed by atoms with E-state index in [9.17, 15) is 18.0 Å². The third-order valence-corrected chi connectivity index (χ3v) is 6.76. The first-order valence-corrected chi connectivity index (χ1v) is 11.4. The summed E-state index contributed by atoms with van der Waals surface area (Å²) >= 11 is 0. The summed E-state index contributed by atoms with van der Waals surface area (Å²) in [5.41, 5.74) is 0.436. The number of nitrogens with one attached hydrogen (secondary N) is 1. The highest BCUT2D eigenvalue weighted by Gasteiger charge is 2.22. The first-order chi connectivity index (χ1) is 14.4. The smallest absolute Gasteiger partial charge is 0.332 e. The number of nitrogens with zero attached hydrogens (tertiary/aromatic N) is 1. The van der Waals surface area contributed by atoms with Crippen LogP contribution < -0.4 is 16.0 Å². The molecule has 0 saturated heterocycles. The van der Waals surface area contributed by atoms with Gasteiger partial charge in [-0.2, -0.15) is 0 Å². The topological polar surface area (TPSA) is 98.2 Å². The van der Waals surface area contributed by atoms with Gasteiger partial charge in [-0.25, -0.2) is 13.2 Å². The second-order valence-corrected chi connectivity index (χ2v) is 9.55. The van der Waals surface area contributed by atoms with Crippen molar-refractivity contribution in [2.24, 2.45) is 5.92 Å². The van der Waals surface area contributed by atoms with Crippen molar-refractivity contribution < 1.29 is 13.2 Å². The Morgan fingerprint density at radius 2 is 1.80 bits per heavy atom. The number of H-pyrrole nitrogens is 1. The Labute approximate surface area is 173 Å². The maximum Gasteiger partial charge on any atom is 0.332 e. The highest BCUT2D eigenvalue weighted by atomic mass is 32.2. The first-order valence-electron chi connectivity index (χ1n) is 9.78. The van der Waals surface area contributed by atoms with Gasteiger partial charge in [-0.1, -0.05) is 18.2 Å². The van der Waals surface area contributed by atoms with E-state index in [4.69, 9.17) is 4.74 Å². The van der Waals surface area contributed by atoms with Crippen LogP contribution in [0.4, 0.5) is 0 Å². The number of ether oxygens (including phenoxy) is 1. The number of aryl methyl sites for hydroxylation is 1. The van der Waals surface area contributed by atoms with Crippen LogP contribution in [-0.4, -0.2) is 30.3 Å². The molecule has 0 bridgehead atoms. The van der Waals surface area contributed by atoms with Crippen molar-refractivity contribution in [3.63, 3.8) is 0 Å². The Bertz CT molecular complexity index is 1260. The van der Waals surface area contributed by atoms with Gasteiger partial charge in [0.15, 0.2) is 9.84 Å². The molecule has 4 rings (SSSR count). The van der Waals surface area contributed by atoms with Crippen LogP contribution in [0.1, 0.15) is 18.4 Å². The molecule has 1 fully saturated rings. The minimum Gasteiger partial charge on any atom is -0.493 e. The van der Waals surface area contributed by atoms with Gasteiger partial charge in [-0.3, -0.25) is 14.3 Å². The second kappa shape index (κ2) is 8.31. The summed E-state index contributed by atoms with van der Waals surface area (Å²) in [4.78, 5) is 25.5. The van der Waals surface area contributed by atoms with Crippen molar-refractivity contribution in [3.05, 3.63) is 87.2 Å². The van der Waals surface area contributed by atoms with Crippen LogP contribution in [0.3, 0.4) is 0 Å². The van der Waals surface area contributed by atoms with Crippen LogP contribution >= 0.6 is 0 Å². The third-order valence-electron chi connectivity index (χ3n) is 5.05. The maximum atomic E-state index is 12.7. The predicted octanol–water partition coefficient (Wildman–Crippen LogP) is 2.33. The van der Waals surface area contributed by atoms with Gasteiger partial charge in [0.05, 0.1) is 22.9 Å². The molecule has 0 atom stereocenters. The largest absolute Gasteiger partial charge is 0.493 e. The first kappa shape index (κ1) is 20.2. The van der Waals surface area contributed by atoms with Crippen molar-refractivity contribution >= 4 is 9.84 Å². The van der Waals surface area contributed by atoms with Crippen molar-refractivity contribution in [3.8, 4) is 11.4 Å². The molecular weight excluding hydrogens is 404 g/mol. The molecule has 3 aromatic rings. The maximum absolute atomic E-state index is 12.7. The lowest BCUT2D eigenvalue weighted by molar-refractivity contribution is 0.299. The Kier molecular flexibility index (Phi) is 5.59. The van der Waals surface area contributed by atoms with E-state index >= 15 is 0 Å². The van der Waals surface area contributed by atoms with Crippen molar-refractivity contribution in [1.29, 1.82) is 0 Å². The zero-order valence-electron chi connectivity index (χ0n) is 16.3. The standard InChI is InChI=1S/C22H22N2O5S/c25-21-10-12-24(22(26)23-21)18-8-6-16(7-9-18)11-13-30(27,28)20-3-1-2-19(14-20)29-15-17-4-5-17/h1-3,6-10,12,14,17H,4-5,11,13,15H2,(H,23,25,26). The highest BCUT2D eigenvalue weighted by molar-refractivity contribution is 7.91. The summed E-state index contributed by atoms with van der Waals surface area (Å²) in [6.45, 7) is 0.633. The molecule has 1 heterocycles. The van der Waals surface area contributed by atoms with E-state index in [1.165, 1.54) is 29.7 Å². The number of benzene rings is 2. The normalized spacial score (nSPS) is 13.9. The highest BCUT2D eigenvalue weighted by Crippen LogP contribution is 2.30.